The van der Waals surface area contributed by atoms with Crippen LogP contribution < -0.4 is 4.90 Å². The molecule has 0 bridgehead atoms. The maximum absolute atomic E-state index is 12.1. The maximum Gasteiger partial charge on any atom is 0.411 e. The fourth-order valence-corrected chi connectivity index (χ4v) is 4.40. The SMILES string of the molecule is CC(Cl)OC(=O)N1CCC2CN(c3ccc4ccccc4c3)CC2CC1. The molecule has 3 atom stereocenters. The second kappa shape index (κ2) is 7.36. The molecule has 2 aromatic rings. The van der Waals surface area contributed by atoms with Crippen LogP contribution in [0.3, 0.4) is 0 Å². The van der Waals surface area contributed by atoms with Gasteiger partial charge in [0.25, 0.3) is 0 Å². The van der Waals surface area contributed by atoms with Crippen LogP contribution in [-0.2, 0) is 4.74 Å². The third-order valence-corrected chi connectivity index (χ3v) is 5.82. The highest BCUT2D eigenvalue weighted by Gasteiger charge is 2.36. The number of carbonyl (C=O) groups excluding carboxylic acids is 1. The fourth-order valence-electron chi connectivity index (χ4n) is 4.33. The molecule has 5 heteroatoms. The molecule has 2 saturated heterocycles. The highest BCUT2D eigenvalue weighted by atomic mass is 35.5. The quantitative estimate of drug-likeness (QED) is 0.716. The van der Waals surface area contributed by atoms with Crippen molar-refractivity contribution in [3.8, 4) is 0 Å². The highest BCUT2D eigenvalue weighted by molar-refractivity contribution is 6.19. The van der Waals surface area contributed by atoms with Crippen molar-refractivity contribution >= 4 is 34.2 Å². The van der Waals surface area contributed by atoms with Crippen molar-refractivity contribution in [1.29, 1.82) is 0 Å². The van der Waals surface area contributed by atoms with E-state index in [9.17, 15) is 4.79 Å². The molecule has 0 aromatic heterocycles. The van der Waals surface area contributed by atoms with Crippen LogP contribution in [0.1, 0.15) is 19.8 Å². The summed E-state index contributed by atoms with van der Waals surface area (Å²) >= 11 is 5.78. The third kappa shape index (κ3) is 3.61. The lowest BCUT2D eigenvalue weighted by molar-refractivity contribution is 0.0964. The standard InChI is InChI=1S/C21H25ClN2O2/c1-15(22)26-21(25)23-10-8-18-13-24(14-19(18)9-11-23)20-7-6-16-4-2-3-5-17(16)12-20/h2-7,12,15,18-19H,8-11,13-14H2,1H3. The van der Waals surface area contributed by atoms with Gasteiger partial charge in [0.15, 0.2) is 5.56 Å². The Bertz CT molecular complexity index is 778. The summed E-state index contributed by atoms with van der Waals surface area (Å²) in [4.78, 5) is 16.4. The van der Waals surface area contributed by atoms with Gasteiger partial charge in [0.1, 0.15) is 0 Å². The van der Waals surface area contributed by atoms with E-state index >= 15 is 0 Å². The van der Waals surface area contributed by atoms with Gasteiger partial charge in [-0.3, -0.25) is 0 Å². The molecule has 2 heterocycles. The van der Waals surface area contributed by atoms with Gasteiger partial charge in [-0.2, -0.15) is 0 Å². The van der Waals surface area contributed by atoms with E-state index in [1.165, 1.54) is 16.5 Å². The first kappa shape index (κ1) is 17.5. The number of rotatable bonds is 2. The summed E-state index contributed by atoms with van der Waals surface area (Å²) in [7, 11) is 0. The van der Waals surface area contributed by atoms with E-state index in [4.69, 9.17) is 16.3 Å². The monoisotopic (exact) mass is 372 g/mol. The lowest BCUT2D eigenvalue weighted by Gasteiger charge is -2.23. The summed E-state index contributed by atoms with van der Waals surface area (Å²) in [5, 5.41) is 2.58. The molecule has 1 amide bonds. The Balaban J connectivity index is 1.42. The van der Waals surface area contributed by atoms with Gasteiger partial charge in [-0.1, -0.05) is 41.9 Å². The van der Waals surface area contributed by atoms with Crippen LogP contribution in [-0.4, -0.2) is 42.7 Å². The third-order valence-electron chi connectivity index (χ3n) is 5.74. The first-order chi connectivity index (χ1) is 12.6. The Hall–Kier alpha value is -1.94. The number of fused-ring (bicyclic) bond motifs is 2. The molecule has 0 N–H and O–H groups in total. The minimum atomic E-state index is -0.575. The summed E-state index contributed by atoms with van der Waals surface area (Å²) in [6.45, 7) is 5.33. The molecule has 0 radical (unpaired) electrons. The van der Waals surface area contributed by atoms with Crippen molar-refractivity contribution in [2.24, 2.45) is 11.8 Å². The predicted octanol–water partition coefficient (Wildman–Crippen LogP) is 4.71. The first-order valence-electron chi connectivity index (χ1n) is 9.43. The second-order valence-electron chi connectivity index (χ2n) is 7.45. The Morgan fingerprint density at radius 1 is 1.08 bits per heavy atom. The summed E-state index contributed by atoms with van der Waals surface area (Å²) in [6, 6.07) is 15.2. The lowest BCUT2D eigenvalue weighted by Crippen LogP contribution is -2.34. The number of nitrogens with zero attached hydrogens (tertiary/aromatic N) is 2. The molecule has 138 valence electrons. The van der Waals surface area contributed by atoms with Crippen molar-refractivity contribution in [2.45, 2.75) is 25.3 Å². The van der Waals surface area contributed by atoms with Gasteiger partial charge in [0, 0.05) is 31.9 Å². The number of likely N-dealkylation sites (tertiary alicyclic amines) is 1. The van der Waals surface area contributed by atoms with Gasteiger partial charge in [-0.25, -0.2) is 4.79 Å². The number of alkyl halides is 1. The van der Waals surface area contributed by atoms with Crippen molar-refractivity contribution in [3.05, 3.63) is 42.5 Å². The van der Waals surface area contributed by atoms with Gasteiger partial charge in [0.05, 0.1) is 0 Å². The van der Waals surface area contributed by atoms with Crippen molar-refractivity contribution in [3.63, 3.8) is 0 Å². The molecule has 0 saturated carbocycles. The maximum atomic E-state index is 12.1. The molecular formula is C21H25ClN2O2. The number of hydrogen-bond donors (Lipinski definition) is 0. The zero-order valence-electron chi connectivity index (χ0n) is 15.1. The predicted molar refractivity (Wildman–Crippen MR) is 106 cm³/mol. The number of halogens is 1. The number of ether oxygens (including phenoxy) is 1. The van der Waals surface area contributed by atoms with Gasteiger partial charge < -0.3 is 14.5 Å². The average molecular weight is 373 g/mol. The van der Waals surface area contributed by atoms with Crippen LogP contribution in [0, 0.1) is 11.8 Å². The Morgan fingerprint density at radius 3 is 2.38 bits per heavy atom. The van der Waals surface area contributed by atoms with E-state index in [1.54, 1.807) is 6.92 Å². The summed E-state index contributed by atoms with van der Waals surface area (Å²) in [5.74, 6) is 1.26. The Labute approximate surface area is 159 Å². The zero-order valence-corrected chi connectivity index (χ0v) is 15.9. The van der Waals surface area contributed by atoms with E-state index < -0.39 is 5.56 Å². The smallest absolute Gasteiger partial charge is 0.411 e. The molecule has 2 fully saturated rings. The van der Waals surface area contributed by atoms with Crippen LogP contribution >= 0.6 is 11.6 Å². The summed E-state index contributed by atoms with van der Waals surface area (Å²) in [5.41, 5.74) is 0.734. The van der Waals surface area contributed by atoms with Crippen molar-refractivity contribution in [2.75, 3.05) is 31.1 Å². The average Bonchev–Trinajstić information content (AvgIpc) is 2.93. The van der Waals surface area contributed by atoms with Crippen LogP contribution in [0.25, 0.3) is 10.8 Å². The van der Waals surface area contributed by atoms with Crippen molar-refractivity contribution in [1.82, 2.24) is 4.90 Å². The number of benzene rings is 2. The number of hydrogen-bond acceptors (Lipinski definition) is 3. The van der Waals surface area contributed by atoms with E-state index in [-0.39, 0.29) is 6.09 Å². The topological polar surface area (TPSA) is 32.8 Å². The number of anilines is 1. The number of carbonyl (C=O) groups is 1. The van der Waals surface area contributed by atoms with Crippen LogP contribution in [0.4, 0.5) is 10.5 Å². The lowest BCUT2D eigenvalue weighted by atomic mass is 9.92. The van der Waals surface area contributed by atoms with Crippen molar-refractivity contribution < 1.29 is 9.53 Å². The van der Waals surface area contributed by atoms with E-state index in [1.807, 2.05) is 4.90 Å². The van der Waals surface area contributed by atoms with Crippen LogP contribution in [0.2, 0.25) is 0 Å². The van der Waals surface area contributed by atoms with E-state index in [0.717, 1.165) is 39.0 Å². The molecular weight excluding hydrogens is 348 g/mol. The highest BCUT2D eigenvalue weighted by Crippen LogP contribution is 2.35. The molecule has 2 aliphatic rings. The van der Waals surface area contributed by atoms with Gasteiger partial charge in [-0.15, -0.1) is 0 Å². The minimum Gasteiger partial charge on any atom is -0.430 e. The summed E-state index contributed by atoms with van der Waals surface area (Å²) in [6.07, 6.45) is 1.78. The zero-order chi connectivity index (χ0) is 18.1. The molecule has 0 aliphatic carbocycles. The molecule has 26 heavy (non-hydrogen) atoms. The molecule has 3 unspecified atom stereocenters. The molecule has 4 nitrogen and oxygen atoms in total. The first-order valence-corrected chi connectivity index (χ1v) is 9.87. The van der Waals surface area contributed by atoms with E-state index in [2.05, 4.69) is 47.4 Å². The molecule has 2 aromatic carbocycles. The van der Waals surface area contributed by atoms with Gasteiger partial charge in [0.2, 0.25) is 0 Å². The molecule has 0 spiro atoms. The molecule has 2 aliphatic heterocycles. The second-order valence-corrected chi connectivity index (χ2v) is 8.06. The molecule has 4 rings (SSSR count). The summed E-state index contributed by atoms with van der Waals surface area (Å²) < 4.78 is 5.14. The number of amides is 1. The Morgan fingerprint density at radius 2 is 1.73 bits per heavy atom. The van der Waals surface area contributed by atoms with Crippen LogP contribution in [0.15, 0.2) is 42.5 Å². The normalized spacial score (nSPS) is 24.2. The largest absolute Gasteiger partial charge is 0.430 e. The van der Waals surface area contributed by atoms with Gasteiger partial charge in [-0.05, 0) is 54.5 Å². The Kier molecular flexibility index (Phi) is 4.94. The van der Waals surface area contributed by atoms with E-state index in [0.29, 0.717) is 11.8 Å². The fraction of sp³-hybridized carbons (Fsp3) is 0.476. The van der Waals surface area contributed by atoms with Crippen LogP contribution in [0.5, 0.6) is 0 Å². The minimum absolute atomic E-state index is 0.279. The van der Waals surface area contributed by atoms with Gasteiger partial charge >= 0.3 is 6.09 Å².